The van der Waals surface area contributed by atoms with E-state index in [9.17, 15) is 4.79 Å². The first kappa shape index (κ1) is 15.3. The first-order chi connectivity index (χ1) is 8.15. The Morgan fingerprint density at radius 3 is 2.67 bits per heavy atom. The van der Waals surface area contributed by atoms with E-state index < -0.39 is 0 Å². The number of carbonyl (C=O) groups excluding carboxylic acids is 1. The quantitative estimate of drug-likeness (QED) is 0.907. The van der Waals surface area contributed by atoms with Gasteiger partial charge in [-0.3, -0.25) is 4.79 Å². The number of piperidine rings is 1. The molecule has 100 valence electrons. The molecule has 2 N–H and O–H groups in total. The minimum Gasteiger partial charge on any atom is -0.341 e. The smallest absolute Gasteiger partial charge is 0.227 e. The molecule has 1 atom stereocenters. The van der Waals surface area contributed by atoms with Gasteiger partial charge in [0, 0.05) is 24.2 Å². The number of hydrogen-bond acceptors (Lipinski definition) is 2. The molecule has 1 aliphatic heterocycles. The summed E-state index contributed by atoms with van der Waals surface area (Å²) in [7, 11) is 0. The van der Waals surface area contributed by atoms with Gasteiger partial charge in [0.2, 0.25) is 5.91 Å². The molecule has 0 spiro atoms. The lowest BCUT2D eigenvalue weighted by Crippen LogP contribution is -2.46. The first-order valence-corrected chi connectivity index (χ1v) is 6.31. The van der Waals surface area contributed by atoms with Gasteiger partial charge in [0.15, 0.2) is 0 Å². The molecule has 1 saturated heterocycles. The molecule has 0 bridgehead atoms. The second-order valence-corrected chi connectivity index (χ2v) is 4.98. The van der Waals surface area contributed by atoms with Crippen LogP contribution in [0.4, 0.5) is 0 Å². The number of benzene rings is 1. The second kappa shape index (κ2) is 6.98. The molecule has 0 saturated carbocycles. The van der Waals surface area contributed by atoms with Crippen molar-refractivity contribution in [1.82, 2.24) is 4.90 Å². The van der Waals surface area contributed by atoms with E-state index in [0.29, 0.717) is 18.0 Å². The Labute approximate surface area is 119 Å². The average molecular weight is 289 g/mol. The Morgan fingerprint density at radius 2 is 2.06 bits per heavy atom. The van der Waals surface area contributed by atoms with Crippen LogP contribution >= 0.6 is 24.0 Å². The summed E-state index contributed by atoms with van der Waals surface area (Å²) >= 11 is 5.80. The summed E-state index contributed by atoms with van der Waals surface area (Å²) in [6.45, 7) is 1.52. The van der Waals surface area contributed by atoms with Crippen LogP contribution < -0.4 is 5.73 Å². The molecule has 0 aromatic heterocycles. The Hall–Kier alpha value is -0.770. The lowest BCUT2D eigenvalue weighted by molar-refractivity contribution is -0.131. The van der Waals surface area contributed by atoms with Gasteiger partial charge in [0.25, 0.3) is 0 Å². The van der Waals surface area contributed by atoms with Crippen molar-refractivity contribution in [2.45, 2.75) is 25.3 Å². The van der Waals surface area contributed by atoms with Gasteiger partial charge < -0.3 is 10.6 Å². The van der Waals surface area contributed by atoms with Crippen LogP contribution in [0.15, 0.2) is 24.3 Å². The van der Waals surface area contributed by atoms with E-state index >= 15 is 0 Å². The zero-order valence-corrected chi connectivity index (χ0v) is 11.7. The normalized spacial score (nSPS) is 19.2. The van der Waals surface area contributed by atoms with Crippen molar-refractivity contribution < 1.29 is 4.79 Å². The largest absolute Gasteiger partial charge is 0.341 e. The monoisotopic (exact) mass is 288 g/mol. The number of nitrogens with zero attached hydrogens (tertiary/aromatic N) is 1. The van der Waals surface area contributed by atoms with Crippen LogP contribution in [0.1, 0.15) is 18.4 Å². The van der Waals surface area contributed by atoms with Gasteiger partial charge in [0.05, 0.1) is 6.42 Å². The predicted octanol–water partition coefficient (Wildman–Crippen LogP) is 2.25. The summed E-state index contributed by atoms with van der Waals surface area (Å²) in [5.41, 5.74) is 6.86. The molecule has 1 unspecified atom stereocenters. The van der Waals surface area contributed by atoms with Crippen molar-refractivity contribution in [1.29, 1.82) is 0 Å². The summed E-state index contributed by atoms with van der Waals surface area (Å²) in [6.07, 6.45) is 2.46. The SMILES string of the molecule is Cl.NC1CCCN(C(=O)Cc2ccc(Cl)cc2)C1. The van der Waals surface area contributed by atoms with Crippen LogP contribution in [0, 0.1) is 0 Å². The molecular weight excluding hydrogens is 271 g/mol. The Balaban J connectivity index is 0.00000162. The zero-order chi connectivity index (χ0) is 12.3. The molecule has 3 nitrogen and oxygen atoms in total. The van der Waals surface area contributed by atoms with E-state index in [1.807, 2.05) is 29.2 Å². The third-order valence-electron chi connectivity index (χ3n) is 3.08. The van der Waals surface area contributed by atoms with E-state index in [-0.39, 0.29) is 24.4 Å². The number of hydrogen-bond donors (Lipinski definition) is 1. The molecule has 5 heteroatoms. The molecule has 1 amide bonds. The average Bonchev–Trinajstić information content (AvgIpc) is 2.32. The van der Waals surface area contributed by atoms with Gasteiger partial charge >= 0.3 is 0 Å². The summed E-state index contributed by atoms with van der Waals surface area (Å²) in [6, 6.07) is 7.55. The highest BCUT2D eigenvalue weighted by atomic mass is 35.5. The van der Waals surface area contributed by atoms with E-state index in [0.717, 1.165) is 24.9 Å². The molecule has 2 rings (SSSR count). The van der Waals surface area contributed by atoms with Crippen molar-refractivity contribution in [3.8, 4) is 0 Å². The minimum absolute atomic E-state index is 0. The van der Waals surface area contributed by atoms with Gasteiger partial charge in [-0.05, 0) is 30.5 Å². The molecule has 0 radical (unpaired) electrons. The molecule has 1 fully saturated rings. The summed E-state index contributed by atoms with van der Waals surface area (Å²) in [4.78, 5) is 13.9. The summed E-state index contributed by atoms with van der Waals surface area (Å²) in [5.74, 6) is 0.155. The molecule has 1 aromatic carbocycles. The van der Waals surface area contributed by atoms with Crippen molar-refractivity contribution in [3.05, 3.63) is 34.9 Å². The third-order valence-corrected chi connectivity index (χ3v) is 3.33. The van der Waals surface area contributed by atoms with Gasteiger partial charge in [-0.2, -0.15) is 0 Å². The lowest BCUT2D eigenvalue weighted by Gasteiger charge is -2.30. The van der Waals surface area contributed by atoms with E-state index in [2.05, 4.69) is 0 Å². The number of likely N-dealkylation sites (tertiary alicyclic amines) is 1. The fourth-order valence-corrected chi connectivity index (χ4v) is 2.25. The fraction of sp³-hybridized carbons (Fsp3) is 0.462. The van der Waals surface area contributed by atoms with Crippen molar-refractivity contribution in [2.75, 3.05) is 13.1 Å². The minimum atomic E-state index is 0. The highest BCUT2D eigenvalue weighted by molar-refractivity contribution is 6.30. The molecule has 0 aliphatic carbocycles. The Morgan fingerprint density at radius 1 is 1.39 bits per heavy atom. The standard InChI is InChI=1S/C13H17ClN2O.ClH/c14-11-5-3-10(4-6-11)8-13(17)16-7-1-2-12(15)9-16;/h3-6,12H,1-2,7-9,15H2;1H. The molecule has 1 heterocycles. The Kier molecular flexibility index (Phi) is 5.93. The van der Waals surface area contributed by atoms with Crippen LogP contribution in [0.2, 0.25) is 5.02 Å². The number of carbonyl (C=O) groups is 1. The van der Waals surface area contributed by atoms with Gasteiger partial charge in [-0.15, -0.1) is 12.4 Å². The van der Waals surface area contributed by atoms with E-state index in [1.54, 1.807) is 0 Å². The fourth-order valence-electron chi connectivity index (χ4n) is 2.13. The van der Waals surface area contributed by atoms with Crippen LogP contribution in [-0.2, 0) is 11.2 Å². The van der Waals surface area contributed by atoms with Gasteiger partial charge in [-0.25, -0.2) is 0 Å². The highest BCUT2D eigenvalue weighted by Crippen LogP contribution is 2.13. The zero-order valence-electron chi connectivity index (χ0n) is 10.1. The van der Waals surface area contributed by atoms with Crippen LogP contribution in [0.5, 0.6) is 0 Å². The van der Waals surface area contributed by atoms with Crippen molar-refractivity contribution >= 4 is 29.9 Å². The highest BCUT2D eigenvalue weighted by Gasteiger charge is 2.20. The number of amides is 1. The maximum atomic E-state index is 12.0. The lowest BCUT2D eigenvalue weighted by atomic mass is 10.1. The first-order valence-electron chi connectivity index (χ1n) is 5.93. The number of rotatable bonds is 2. The summed E-state index contributed by atoms with van der Waals surface area (Å²) < 4.78 is 0. The molecule has 1 aliphatic rings. The van der Waals surface area contributed by atoms with E-state index in [4.69, 9.17) is 17.3 Å². The van der Waals surface area contributed by atoms with Crippen LogP contribution in [0.3, 0.4) is 0 Å². The number of halogens is 2. The van der Waals surface area contributed by atoms with Crippen LogP contribution in [-0.4, -0.2) is 29.9 Å². The van der Waals surface area contributed by atoms with E-state index in [1.165, 1.54) is 0 Å². The topological polar surface area (TPSA) is 46.3 Å². The Bertz CT molecular complexity index is 394. The molecule has 18 heavy (non-hydrogen) atoms. The third kappa shape index (κ3) is 4.16. The maximum absolute atomic E-state index is 12.0. The second-order valence-electron chi connectivity index (χ2n) is 4.55. The van der Waals surface area contributed by atoms with Gasteiger partial charge in [-0.1, -0.05) is 23.7 Å². The predicted molar refractivity (Wildman–Crippen MR) is 76.2 cm³/mol. The number of nitrogens with two attached hydrogens (primary N) is 1. The molecular formula is C13H18Cl2N2O. The van der Waals surface area contributed by atoms with Gasteiger partial charge in [0.1, 0.15) is 0 Å². The summed E-state index contributed by atoms with van der Waals surface area (Å²) in [5, 5.41) is 0.696. The van der Waals surface area contributed by atoms with Crippen LogP contribution in [0.25, 0.3) is 0 Å². The van der Waals surface area contributed by atoms with Crippen molar-refractivity contribution in [3.63, 3.8) is 0 Å². The maximum Gasteiger partial charge on any atom is 0.227 e. The molecule has 1 aromatic rings. The van der Waals surface area contributed by atoms with Crippen molar-refractivity contribution in [2.24, 2.45) is 5.73 Å².